The maximum absolute atomic E-state index is 13.1. The van der Waals surface area contributed by atoms with Gasteiger partial charge in [-0.05, 0) is 70.6 Å². The lowest BCUT2D eigenvalue weighted by Gasteiger charge is -2.40. The first-order chi connectivity index (χ1) is 34.8. The molecule has 1 aliphatic heterocycles. The molecule has 1 fully saturated rings. The van der Waals surface area contributed by atoms with Crippen molar-refractivity contribution in [1.82, 2.24) is 5.32 Å². The van der Waals surface area contributed by atoms with Gasteiger partial charge in [-0.2, -0.15) is 0 Å². The minimum atomic E-state index is -1.62. The van der Waals surface area contributed by atoms with Gasteiger partial charge in [0.25, 0.3) is 0 Å². The lowest BCUT2D eigenvalue weighted by atomic mass is 9.99. The quantitative estimate of drug-likeness (QED) is 0.0232. The summed E-state index contributed by atoms with van der Waals surface area (Å²) in [6, 6.07) is -1.00. The second kappa shape index (κ2) is 50.3. The van der Waals surface area contributed by atoms with Crippen LogP contribution < -0.4 is 5.32 Å². The van der Waals surface area contributed by atoms with E-state index >= 15 is 0 Å². The van der Waals surface area contributed by atoms with Gasteiger partial charge in [0.05, 0.1) is 25.4 Å². The van der Waals surface area contributed by atoms with E-state index in [1.165, 1.54) is 193 Å². The van der Waals surface area contributed by atoms with Gasteiger partial charge in [-0.3, -0.25) is 4.79 Å². The molecule has 8 atom stereocenters. The Bertz CT molecular complexity index is 1270. The normalized spacial score (nSPS) is 20.0. The second-order valence-electron chi connectivity index (χ2n) is 20.9. The SMILES string of the molecule is CCCCCCCCC/C=C/CC/C=C/CC/C=C/C(O)C(COC1OC(CO)C(O)C(O)C1O)NC(=O)C(O)CCCCCCCCCCCCCCC/C=C\CCCCCCCCCCCCCC. The Balaban J connectivity index is 2.24. The lowest BCUT2D eigenvalue weighted by Crippen LogP contribution is -2.60. The molecule has 71 heavy (non-hydrogen) atoms. The van der Waals surface area contributed by atoms with Crippen molar-refractivity contribution >= 4 is 5.91 Å². The Labute approximate surface area is 436 Å². The van der Waals surface area contributed by atoms with Crippen molar-refractivity contribution in [1.29, 1.82) is 0 Å². The Morgan fingerprint density at radius 1 is 0.479 bits per heavy atom. The molecule has 8 unspecified atom stereocenters. The van der Waals surface area contributed by atoms with E-state index < -0.39 is 61.5 Å². The van der Waals surface area contributed by atoms with Gasteiger partial charge in [-0.25, -0.2) is 0 Å². The third-order valence-electron chi connectivity index (χ3n) is 14.2. The van der Waals surface area contributed by atoms with Gasteiger partial charge >= 0.3 is 0 Å². The van der Waals surface area contributed by atoms with Crippen LogP contribution in [0.2, 0.25) is 0 Å². The molecule has 416 valence electrons. The van der Waals surface area contributed by atoms with Crippen LogP contribution in [-0.4, -0.2) is 98.7 Å². The van der Waals surface area contributed by atoms with Crippen LogP contribution in [0.5, 0.6) is 0 Å². The van der Waals surface area contributed by atoms with Crippen LogP contribution in [0.3, 0.4) is 0 Å². The lowest BCUT2D eigenvalue weighted by molar-refractivity contribution is -0.302. The number of unbranched alkanes of at least 4 members (excludes halogenated alkanes) is 34. The van der Waals surface area contributed by atoms with E-state index in [0.717, 1.165) is 44.9 Å². The molecule has 1 amide bonds. The van der Waals surface area contributed by atoms with Crippen molar-refractivity contribution < 1.29 is 44.9 Å². The molecule has 1 aliphatic rings. The van der Waals surface area contributed by atoms with E-state index in [9.17, 15) is 35.4 Å². The van der Waals surface area contributed by atoms with Crippen molar-refractivity contribution in [3.05, 3.63) is 48.6 Å². The minimum absolute atomic E-state index is 0.301. The predicted octanol–water partition coefficient (Wildman–Crippen LogP) is 13.9. The number of rotatable bonds is 51. The standard InChI is InChI=1S/C61H113NO9/c1-3-5-7-9-11-13-15-17-19-21-22-23-24-25-26-27-28-29-30-31-32-34-36-38-40-42-44-46-48-50-55(65)60(69)62-53(52-70-61-59(68)58(67)57(66)56(51-63)71-61)54(64)49-47-45-43-41-39-37-35-33-20-18-16-14-12-10-8-6-4-2/h20,25-26,33,39,41,47,49,53-59,61,63-68H,3-19,21-24,27-32,34-38,40,42-46,48,50-52H2,1-2H3,(H,62,69)/b26-25-,33-20+,41-39+,49-47+. The predicted molar refractivity (Wildman–Crippen MR) is 296 cm³/mol. The number of hydrogen-bond acceptors (Lipinski definition) is 9. The summed E-state index contributed by atoms with van der Waals surface area (Å²) in [5.74, 6) is -0.628. The highest BCUT2D eigenvalue weighted by molar-refractivity contribution is 5.80. The van der Waals surface area contributed by atoms with Gasteiger partial charge in [-0.15, -0.1) is 0 Å². The van der Waals surface area contributed by atoms with E-state index in [-0.39, 0.29) is 6.61 Å². The highest BCUT2D eigenvalue weighted by Crippen LogP contribution is 2.23. The third kappa shape index (κ3) is 39.2. The number of carbonyl (C=O) groups is 1. The summed E-state index contributed by atoms with van der Waals surface area (Å²) >= 11 is 0. The van der Waals surface area contributed by atoms with Gasteiger partial charge in [-0.1, -0.05) is 249 Å². The molecule has 1 heterocycles. The number of allylic oxidation sites excluding steroid dienone is 7. The Hall–Kier alpha value is -1.89. The van der Waals surface area contributed by atoms with Crippen LogP contribution >= 0.6 is 0 Å². The minimum Gasteiger partial charge on any atom is -0.394 e. The van der Waals surface area contributed by atoms with E-state index in [2.05, 4.69) is 55.6 Å². The molecule has 10 nitrogen and oxygen atoms in total. The third-order valence-corrected chi connectivity index (χ3v) is 14.2. The molecule has 0 aromatic heterocycles. The molecule has 0 saturated carbocycles. The van der Waals surface area contributed by atoms with Gasteiger partial charge in [0.15, 0.2) is 6.29 Å². The van der Waals surface area contributed by atoms with Gasteiger partial charge in [0.2, 0.25) is 5.91 Å². The molecule has 0 bridgehead atoms. The number of hydrogen-bond donors (Lipinski definition) is 7. The molecule has 7 N–H and O–H groups in total. The molecule has 10 heteroatoms. The maximum atomic E-state index is 13.1. The fourth-order valence-electron chi connectivity index (χ4n) is 9.37. The molecule has 0 aromatic carbocycles. The Kier molecular flexibility index (Phi) is 47.5. The monoisotopic (exact) mass is 1000 g/mol. The van der Waals surface area contributed by atoms with E-state index in [0.29, 0.717) is 19.3 Å². The first-order valence-electron chi connectivity index (χ1n) is 30.0. The van der Waals surface area contributed by atoms with Gasteiger partial charge in [0, 0.05) is 0 Å². The molecule has 0 spiro atoms. The summed E-state index contributed by atoms with van der Waals surface area (Å²) in [5, 5.41) is 65.0. The number of nitrogens with one attached hydrogen (secondary N) is 1. The highest BCUT2D eigenvalue weighted by Gasteiger charge is 2.44. The number of carbonyl (C=O) groups excluding carboxylic acids is 1. The molecule has 0 aromatic rings. The molecule has 1 rings (SSSR count). The van der Waals surface area contributed by atoms with Gasteiger partial charge in [0.1, 0.15) is 30.5 Å². The topological polar surface area (TPSA) is 169 Å². The van der Waals surface area contributed by atoms with Crippen LogP contribution in [0.15, 0.2) is 48.6 Å². The number of ether oxygens (including phenoxy) is 2. The van der Waals surface area contributed by atoms with Crippen molar-refractivity contribution in [2.24, 2.45) is 0 Å². The number of aliphatic hydroxyl groups is 6. The molecular formula is C61H113NO9. The Morgan fingerprint density at radius 2 is 0.831 bits per heavy atom. The first-order valence-corrected chi connectivity index (χ1v) is 30.0. The van der Waals surface area contributed by atoms with Crippen LogP contribution in [0.4, 0.5) is 0 Å². The zero-order chi connectivity index (χ0) is 51.7. The smallest absolute Gasteiger partial charge is 0.249 e. The number of aliphatic hydroxyl groups excluding tert-OH is 6. The van der Waals surface area contributed by atoms with Crippen molar-refractivity contribution in [3.63, 3.8) is 0 Å². The molecule has 0 radical (unpaired) electrons. The van der Waals surface area contributed by atoms with E-state index in [4.69, 9.17) is 9.47 Å². The van der Waals surface area contributed by atoms with Crippen LogP contribution in [-0.2, 0) is 14.3 Å². The average Bonchev–Trinajstić information content (AvgIpc) is 3.37. The van der Waals surface area contributed by atoms with Crippen LogP contribution in [0.25, 0.3) is 0 Å². The molecular weight excluding hydrogens is 891 g/mol. The zero-order valence-electron chi connectivity index (χ0n) is 45.8. The molecule has 1 saturated heterocycles. The summed E-state index contributed by atoms with van der Waals surface area (Å²) in [7, 11) is 0. The fraction of sp³-hybridized carbons (Fsp3) is 0.852. The fourth-order valence-corrected chi connectivity index (χ4v) is 9.37. The maximum Gasteiger partial charge on any atom is 0.249 e. The van der Waals surface area contributed by atoms with Crippen molar-refractivity contribution in [2.45, 2.75) is 320 Å². The Morgan fingerprint density at radius 3 is 1.23 bits per heavy atom. The average molecular weight is 1000 g/mol. The van der Waals surface area contributed by atoms with Crippen molar-refractivity contribution in [3.8, 4) is 0 Å². The molecule has 0 aliphatic carbocycles. The van der Waals surface area contributed by atoms with Crippen LogP contribution in [0.1, 0.15) is 271 Å². The summed E-state index contributed by atoms with van der Waals surface area (Å²) in [6.45, 7) is 3.61. The second-order valence-corrected chi connectivity index (χ2v) is 20.9. The number of amides is 1. The van der Waals surface area contributed by atoms with Crippen molar-refractivity contribution in [2.75, 3.05) is 13.2 Å². The summed E-state index contributed by atoms with van der Waals surface area (Å²) in [4.78, 5) is 13.1. The van der Waals surface area contributed by atoms with Crippen LogP contribution in [0, 0.1) is 0 Å². The zero-order valence-corrected chi connectivity index (χ0v) is 45.8. The summed E-state index contributed by atoms with van der Waals surface area (Å²) in [5.41, 5.74) is 0. The van der Waals surface area contributed by atoms with E-state index in [1.54, 1.807) is 6.08 Å². The highest BCUT2D eigenvalue weighted by atomic mass is 16.7. The largest absolute Gasteiger partial charge is 0.394 e. The summed E-state index contributed by atoms with van der Waals surface area (Å²) < 4.78 is 11.2. The van der Waals surface area contributed by atoms with Gasteiger partial charge < -0.3 is 45.4 Å². The summed E-state index contributed by atoms with van der Waals surface area (Å²) in [6.07, 6.45) is 56.5. The first kappa shape index (κ1) is 67.1. The van der Waals surface area contributed by atoms with E-state index in [1.807, 2.05) is 6.08 Å².